The number of primary amides is 1. The number of nitrogens with two attached hydrogens (primary N) is 2. The summed E-state index contributed by atoms with van der Waals surface area (Å²) in [6.45, 7) is 3.92. The second-order valence-electron chi connectivity index (χ2n) is 6.51. The number of hydrogen-bond acceptors (Lipinski definition) is 4. The number of nitrogen functional groups attached to an aromatic ring is 1. The zero-order valence-corrected chi connectivity index (χ0v) is 14.6. The van der Waals surface area contributed by atoms with Gasteiger partial charge in [-0.1, -0.05) is 0 Å². The van der Waals surface area contributed by atoms with Crippen LogP contribution in [0.4, 0.5) is 5.69 Å². The molecule has 5 rings (SSSR count). The van der Waals surface area contributed by atoms with Crippen LogP contribution >= 0.6 is 0 Å². The number of nitrogens with zero attached hydrogens (tertiary/aromatic N) is 4. The van der Waals surface area contributed by atoms with Crippen molar-refractivity contribution in [3.63, 3.8) is 0 Å². The van der Waals surface area contributed by atoms with E-state index in [1.54, 1.807) is 17.8 Å². The number of benzene rings is 1. The first kappa shape index (κ1) is 14.8. The molecule has 4 aromatic heterocycles. The van der Waals surface area contributed by atoms with E-state index in [-0.39, 0.29) is 5.69 Å². The van der Waals surface area contributed by atoms with Gasteiger partial charge in [-0.2, -0.15) is 5.10 Å². The standard InChI is InChI=1S/C18H16N6O2/c1-8-6-22-15-13(14(19)16(22)17(20)25)12-9(2)11(26-3)5-4-10(12)24-18(15)23(8)7-21-24/h4-7H,1-3H3,(H3-,19,20,25)/p+1. The van der Waals surface area contributed by atoms with Crippen LogP contribution in [0.1, 0.15) is 21.7 Å². The molecule has 0 saturated carbocycles. The lowest BCUT2D eigenvalue weighted by atomic mass is 10.0. The van der Waals surface area contributed by atoms with E-state index in [1.165, 1.54) is 0 Å². The molecule has 130 valence electrons. The first-order valence-corrected chi connectivity index (χ1v) is 8.16. The minimum Gasteiger partial charge on any atom is -0.496 e. The number of carbonyl (C=O) groups excluding carboxylic acids is 1. The highest BCUT2D eigenvalue weighted by atomic mass is 16.5. The van der Waals surface area contributed by atoms with Gasteiger partial charge in [0, 0.05) is 10.9 Å². The van der Waals surface area contributed by atoms with Gasteiger partial charge >= 0.3 is 5.91 Å². The Morgan fingerprint density at radius 3 is 2.73 bits per heavy atom. The quantitative estimate of drug-likeness (QED) is 0.369. The van der Waals surface area contributed by atoms with Crippen molar-refractivity contribution in [1.82, 2.24) is 14.0 Å². The number of aromatic nitrogens is 4. The maximum atomic E-state index is 12.2. The summed E-state index contributed by atoms with van der Waals surface area (Å²) in [6.07, 6.45) is 3.62. The molecule has 0 spiro atoms. The molecule has 26 heavy (non-hydrogen) atoms. The van der Waals surface area contributed by atoms with E-state index in [0.29, 0.717) is 5.69 Å². The summed E-state index contributed by atoms with van der Waals surface area (Å²) in [5.74, 6) is 0.178. The second kappa shape index (κ2) is 4.54. The number of pyridine rings is 1. The molecule has 0 bridgehead atoms. The molecule has 1 aromatic carbocycles. The molecule has 0 aliphatic rings. The smallest absolute Gasteiger partial charge is 0.316 e. The normalized spacial score (nSPS) is 12.1. The van der Waals surface area contributed by atoms with Gasteiger partial charge < -0.3 is 16.2 Å². The molecule has 4 heterocycles. The van der Waals surface area contributed by atoms with E-state index >= 15 is 0 Å². The topological polar surface area (TPSA) is 104 Å². The summed E-state index contributed by atoms with van der Waals surface area (Å²) < 4.78 is 11.1. The molecule has 0 aliphatic heterocycles. The Morgan fingerprint density at radius 2 is 2.04 bits per heavy atom. The Morgan fingerprint density at radius 1 is 1.27 bits per heavy atom. The van der Waals surface area contributed by atoms with Crippen LogP contribution < -0.4 is 20.6 Å². The lowest BCUT2D eigenvalue weighted by Crippen LogP contribution is -2.33. The number of fused-ring (bicyclic) bond motifs is 3. The summed E-state index contributed by atoms with van der Waals surface area (Å²) in [5.41, 5.74) is 17.1. The third-order valence-electron chi connectivity index (χ3n) is 5.19. The molecular formula is C18H17N6O2+. The number of amides is 1. The van der Waals surface area contributed by atoms with Crippen LogP contribution in [0.3, 0.4) is 0 Å². The van der Waals surface area contributed by atoms with Crippen LogP contribution in [0.25, 0.3) is 27.5 Å². The maximum Gasteiger partial charge on any atom is 0.316 e. The molecule has 0 unspecified atom stereocenters. The molecule has 1 amide bonds. The molecule has 0 radical (unpaired) electrons. The molecule has 0 atom stereocenters. The van der Waals surface area contributed by atoms with E-state index in [0.717, 1.165) is 44.5 Å². The van der Waals surface area contributed by atoms with E-state index < -0.39 is 5.91 Å². The monoisotopic (exact) mass is 349 g/mol. The number of aryl methyl sites for hydroxylation is 2. The Labute approximate surface area is 147 Å². The van der Waals surface area contributed by atoms with Gasteiger partial charge in [-0.05, 0) is 26.0 Å². The molecule has 8 heteroatoms. The third kappa shape index (κ3) is 1.47. The Hall–Kier alpha value is -3.55. The van der Waals surface area contributed by atoms with Crippen LogP contribution in [0, 0.1) is 13.8 Å². The molecule has 0 aliphatic carbocycles. The summed E-state index contributed by atoms with van der Waals surface area (Å²) in [7, 11) is 1.63. The number of ether oxygens (including phenoxy) is 1. The second-order valence-corrected chi connectivity index (χ2v) is 6.51. The van der Waals surface area contributed by atoms with E-state index in [4.69, 9.17) is 16.2 Å². The average molecular weight is 349 g/mol. The van der Waals surface area contributed by atoms with Crippen molar-refractivity contribution in [2.45, 2.75) is 13.8 Å². The first-order chi connectivity index (χ1) is 12.5. The van der Waals surface area contributed by atoms with Crippen molar-refractivity contribution in [3.8, 4) is 5.75 Å². The van der Waals surface area contributed by atoms with E-state index in [2.05, 4.69) is 5.10 Å². The Kier molecular flexibility index (Phi) is 2.58. The molecule has 0 saturated heterocycles. The van der Waals surface area contributed by atoms with Crippen molar-refractivity contribution in [2.24, 2.45) is 5.73 Å². The van der Waals surface area contributed by atoms with E-state index in [9.17, 15) is 4.79 Å². The highest BCUT2D eigenvalue weighted by Crippen LogP contribution is 2.38. The Bertz CT molecular complexity index is 1380. The van der Waals surface area contributed by atoms with Gasteiger partial charge in [0.25, 0.3) is 11.2 Å². The predicted molar refractivity (Wildman–Crippen MR) is 97.0 cm³/mol. The minimum atomic E-state index is -0.567. The van der Waals surface area contributed by atoms with Crippen LogP contribution in [0.5, 0.6) is 5.75 Å². The van der Waals surface area contributed by atoms with Crippen LogP contribution in [-0.2, 0) is 0 Å². The maximum absolute atomic E-state index is 12.2. The Balaban J connectivity index is 2.24. The van der Waals surface area contributed by atoms with Crippen LogP contribution in [-0.4, -0.2) is 27.0 Å². The summed E-state index contributed by atoms with van der Waals surface area (Å²) >= 11 is 0. The summed E-state index contributed by atoms with van der Waals surface area (Å²) in [5, 5.41) is 6.24. The fraction of sp³-hybridized carbons (Fsp3) is 0.167. The van der Waals surface area contributed by atoms with Crippen molar-refractivity contribution in [3.05, 3.63) is 41.6 Å². The third-order valence-corrected chi connectivity index (χ3v) is 5.19. The molecular weight excluding hydrogens is 332 g/mol. The first-order valence-electron chi connectivity index (χ1n) is 8.16. The number of hydrogen-bond donors (Lipinski definition) is 2. The molecule has 5 aromatic rings. The van der Waals surface area contributed by atoms with Gasteiger partial charge in [-0.15, -0.1) is 4.40 Å². The number of carbonyl (C=O) groups is 1. The molecule has 4 N–H and O–H groups in total. The van der Waals surface area contributed by atoms with Crippen molar-refractivity contribution in [2.75, 3.05) is 12.8 Å². The number of methoxy groups -OCH3 is 1. The van der Waals surface area contributed by atoms with Gasteiger partial charge in [0.05, 0.1) is 23.7 Å². The highest BCUT2D eigenvalue weighted by molar-refractivity contribution is 6.19. The van der Waals surface area contributed by atoms with Crippen LogP contribution in [0.2, 0.25) is 0 Å². The largest absolute Gasteiger partial charge is 0.496 e. The van der Waals surface area contributed by atoms with Crippen molar-refractivity contribution in [1.29, 1.82) is 0 Å². The SMILES string of the molecule is COc1ccc2c(c1C)c1c(N)c(C(N)=O)[n+]3cc(C)n4cnn2c4c13. The molecule has 8 nitrogen and oxygen atoms in total. The fourth-order valence-corrected chi connectivity index (χ4v) is 4.07. The average Bonchev–Trinajstić information content (AvgIpc) is 3.15. The van der Waals surface area contributed by atoms with Crippen LogP contribution in [0.15, 0.2) is 24.7 Å². The number of anilines is 1. The fourth-order valence-electron chi connectivity index (χ4n) is 4.07. The number of rotatable bonds is 2. The van der Waals surface area contributed by atoms with Gasteiger partial charge in [0.1, 0.15) is 17.8 Å². The van der Waals surface area contributed by atoms with E-state index in [1.807, 2.05) is 41.1 Å². The zero-order chi connectivity index (χ0) is 18.3. The molecule has 0 fully saturated rings. The lowest BCUT2D eigenvalue weighted by molar-refractivity contribution is -0.510. The van der Waals surface area contributed by atoms with Gasteiger partial charge in [0.2, 0.25) is 5.65 Å². The van der Waals surface area contributed by atoms with Gasteiger partial charge in [0.15, 0.2) is 6.20 Å². The van der Waals surface area contributed by atoms with Crippen molar-refractivity contribution < 1.29 is 13.9 Å². The van der Waals surface area contributed by atoms with Gasteiger partial charge in [-0.3, -0.25) is 9.20 Å². The summed E-state index contributed by atoms with van der Waals surface area (Å²) in [6, 6.07) is 3.86. The van der Waals surface area contributed by atoms with Gasteiger partial charge in [-0.25, -0.2) is 4.52 Å². The highest BCUT2D eigenvalue weighted by Gasteiger charge is 2.34. The lowest BCUT2D eigenvalue weighted by Gasteiger charge is -2.10. The predicted octanol–water partition coefficient (Wildman–Crippen LogP) is 1.22. The van der Waals surface area contributed by atoms with Crippen molar-refractivity contribution >= 4 is 39.0 Å². The summed E-state index contributed by atoms with van der Waals surface area (Å²) in [4.78, 5) is 12.2. The minimum absolute atomic E-state index is 0.281. The zero-order valence-electron chi connectivity index (χ0n) is 14.6.